The van der Waals surface area contributed by atoms with E-state index in [0.29, 0.717) is 18.2 Å². The van der Waals surface area contributed by atoms with E-state index >= 15 is 0 Å². The fourth-order valence-corrected chi connectivity index (χ4v) is 3.05. The molecule has 4 nitrogen and oxygen atoms in total. The minimum Gasteiger partial charge on any atom is -0.342 e. The first-order valence-corrected chi connectivity index (χ1v) is 7.41. The first-order chi connectivity index (χ1) is 8.65. The largest absolute Gasteiger partial charge is 0.342 e. The Morgan fingerprint density at radius 3 is 2.50 bits per heavy atom. The normalized spacial score (nSPS) is 24.1. The molecule has 2 unspecified atom stereocenters. The van der Waals surface area contributed by atoms with Gasteiger partial charge >= 0.3 is 0 Å². The molecule has 2 fully saturated rings. The van der Waals surface area contributed by atoms with Crippen molar-refractivity contribution in [1.29, 1.82) is 0 Å². The molecule has 0 saturated carbocycles. The van der Waals surface area contributed by atoms with Gasteiger partial charge in [-0.15, -0.1) is 24.8 Å². The van der Waals surface area contributed by atoms with Gasteiger partial charge in [0, 0.05) is 32.1 Å². The molecule has 0 aliphatic carbocycles. The number of nitrogens with two attached hydrogens (primary N) is 1. The Hall–Kier alpha value is -0.0300. The summed E-state index contributed by atoms with van der Waals surface area (Å²) in [5.41, 5.74) is 5.70. The molecule has 0 radical (unpaired) electrons. The van der Waals surface area contributed by atoms with Crippen LogP contribution >= 0.6 is 24.8 Å². The average molecular weight is 326 g/mol. The molecule has 120 valence electrons. The molecule has 20 heavy (non-hydrogen) atoms. The molecule has 2 saturated heterocycles. The van der Waals surface area contributed by atoms with Crippen molar-refractivity contribution in [2.45, 2.75) is 45.1 Å². The van der Waals surface area contributed by atoms with E-state index in [-0.39, 0.29) is 30.9 Å². The number of rotatable bonds is 5. The van der Waals surface area contributed by atoms with Crippen molar-refractivity contribution in [2.75, 3.05) is 32.7 Å². The van der Waals surface area contributed by atoms with Crippen LogP contribution in [0, 0.1) is 5.92 Å². The van der Waals surface area contributed by atoms with Crippen molar-refractivity contribution in [1.82, 2.24) is 9.80 Å². The minimum atomic E-state index is 0. The summed E-state index contributed by atoms with van der Waals surface area (Å²) in [5.74, 6) is 0.999. The summed E-state index contributed by atoms with van der Waals surface area (Å²) in [7, 11) is 0. The molecule has 6 heteroatoms. The van der Waals surface area contributed by atoms with Crippen molar-refractivity contribution in [3.05, 3.63) is 0 Å². The molecule has 2 aliphatic rings. The maximum atomic E-state index is 12.0. The zero-order valence-corrected chi connectivity index (χ0v) is 14.1. The fourth-order valence-electron chi connectivity index (χ4n) is 3.05. The molecule has 0 aromatic rings. The Kier molecular flexibility index (Phi) is 9.81. The lowest BCUT2D eigenvalue weighted by Crippen LogP contribution is -2.32. The van der Waals surface area contributed by atoms with Gasteiger partial charge in [0.05, 0.1) is 0 Å². The molecule has 2 N–H and O–H groups in total. The van der Waals surface area contributed by atoms with Gasteiger partial charge in [-0.05, 0) is 51.6 Å². The van der Waals surface area contributed by atoms with E-state index in [1.54, 1.807) is 0 Å². The predicted octanol–water partition coefficient (Wildman–Crippen LogP) is 1.90. The van der Waals surface area contributed by atoms with Gasteiger partial charge < -0.3 is 15.5 Å². The highest BCUT2D eigenvalue weighted by molar-refractivity contribution is 5.85. The number of hydrogen-bond donors (Lipinski definition) is 1. The number of carbonyl (C=O) groups is 1. The van der Waals surface area contributed by atoms with Gasteiger partial charge in [0.25, 0.3) is 0 Å². The van der Waals surface area contributed by atoms with Crippen LogP contribution in [0.3, 0.4) is 0 Å². The molecule has 0 bridgehead atoms. The Labute approximate surface area is 135 Å². The molecule has 1 amide bonds. The van der Waals surface area contributed by atoms with Gasteiger partial charge in [0.2, 0.25) is 5.91 Å². The summed E-state index contributed by atoms with van der Waals surface area (Å²) in [6.07, 6.45) is 5.31. The number of likely N-dealkylation sites (tertiary alicyclic amines) is 2. The summed E-state index contributed by atoms with van der Waals surface area (Å²) in [6.45, 7) is 7.60. The van der Waals surface area contributed by atoms with E-state index < -0.39 is 0 Å². The van der Waals surface area contributed by atoms with E-state index in [2.05, 4.69) is 4.90 Å². The van der Waals surface area contributed by atoms with Crippen LogP contribution in [0.1, 0.15) is 39.0 Å². The Morgan fingerprint density at radius 2 is 1.90 bits per heavy atom. The Bertz CT molecular complexity index is 284. The van der Waals surface area contributed by atoms with Crippen LogP contribution in [0.5, 0.6) is 0 Å². The highest BCUT2D eigenvalue weighted by Gasteiger charge is 2.27. The van der Waals surface area contributed by atoms with Crippen LogP contribution in [-0.2, 0) is 4.79 Å². The second-order valence-electron chi connectivity index (χ2n) is 6.02. The lowest BCUT2D eigenvalue weighted by atomic mass is 10.1. The van der Waals surface area contributed by atoms with E-state index in [9.17, 15) is 4.79 Å². The molecule has 0 aromatic carbocycles. The number of carbonyl (C=O) groups excluding carboxylic acids is 1. The standard InChI is InChI=1S/C14H27N3O.2ClH/c1-12(15)4-5-14(18)17-9-6-13(11-17)10-16-7-2-3-8-16;;/h12-13H,2-11,15H2,1H3;2*1H. The molecular weight excluding hydrogens is 297 g/mol. The van der Waals surface area contributed by atoms with Gasteiger partial charge in [0.1, 0.15) is 0 Å². The number of hydrogen-bond acceptors (Lipinski definition) is 3. The van der Waals surface area contributed by atoms with Gasteiger partial charge in [-0.25, -0.2) is 0 Å². The third-order valence-corrected chi connectivity index (χ3v) is 4.17. The van der Waals surface area contributed by atoms with Crippen LogP contribution in [0.15, 0.2) is 0 Å². The summed E-state index contributed by atoms with van der Waals surface area (Å²) in [6, 6.07) is 0.136. The van der Waals surface area contributed by atoms with E-state index in [0.717, 1.165) is 19.5 Å². The average Bonchev–Trinajstić information content (AvgIpc) is 2.98. The third kappa shape index (κ3) is 6.17. The van der Waals surface area contributed by atoms with Crippen molar-refractivity contribution in [3.8, 4) is 0 Å². The maximum Gasteiger partial charge on any atom is 0.222 e. The monoisotopic (exact) mass is 325 g/mol. The van der Waals surface area contributed by atoms with Crippen LogP contribution < -0.4 is 5.73 Å². The van der Waals surface area contributed by atoms with E-state index in [1.807, 2.05) is 11.8 Å². The molecule has 2 atom stereocenters. The summed E-state index contributed by atoms with van der Waals surface area (Å²) in [5, 5.41) is 0. The number of halogens is 2. The smallest absolute Gasteiger partial charge is 0.222 e. The fraction of sp³-hybridized carbons (Fsp3) is 0.929. The van der Waals surface area contributed by atoms with Crippen molar-refractivity contribution in [3.63, 3.8) is 0 Å². The third-order valence-electron chi connectivity index (χ3n) is 4.17. The molecule has 0 aromatic heterocycles. The molecule has 0 spiro atoms. The van der Waals surface area contributed by atoms with Crippen LogP contribution in [-0.4, -0.2) is 54.5 Å². The first-order valence-electron chi connectivity index (χ1n) is 7.41. The second kappa shape index (κ2) is 9.82. The predicted molar refractivity (Wildman–Crippen MR) is 87.7 cm³/mol. The summed E-state index contributed by atoms with van der Waals surface area (Å²) < 4.78 is 0. The lowest BCUT2D eigenvalue weighted by Gasteiger charge is -2.21. The Balaban J connectivity index is 0.00000180. The number of nitrogens with zero attached hydrogens (tertiary/aromatic N) is 2. The van der Waals surface area contributed by atoms with Crippen LogP contribution in [0.4, 0.5) is 0 Å². The van der Waals surface area contributed by atoms with E-state index in [1.165, 1.54) is 38.9 Å². The zero-order valence-electron chi connectivity index (χ0n) is 12.4. The van der Waals surface area contributed by atoms with Crippen molar-refractivity contribution in [2.24, 2.45) is 11.7 Å². The zero-order chi connectivity index (χ0) is 13.0. The van der Waals surface area contributed by atoms with Gasteiger partial charge in [0.15, 0.2) is 0 Å². The van der Waals surface area contributed by atoms with Gasteiger partial charge in [-0.3, -0.25) is 4.79 Å². The van der Waals surface area contributed by atoms with Gasteiger partial charge in [-0.2, -0.15) is 0 Å². The summed E-state index contributed by atoms with van der Waals surface area (Å²) >= 11 is 0. The Morgan fingerprint density at radius 1 is 1.25 bits per heavy atom. The minimum absolute atomic E-state index is 0. The van der Waals surface area contributed by atoms with Crippen molar-refractivity contribution < 1.29 is 4.79 Å². The maximum absolute atomic E-state index is 12.0. The van der Waals surface area contributed by atoms with E-state index in [4.69, 9.17) is 5.73 Å². The molecule has 2 rings (SSSR count). The highest BCUT2D eigenvalue weighted by Crippen LogP contribution is 2.20. The first kappa shape index (κ1) is 20.0. The molecule has 2 aliphatic heterocycles. The molecule has 2 heterocycles. The van der Waals surface area contributed by atoms with Gasteiger partial charge in [-0.1, -0.05) is 0 Å². The topological polar surface area (TPSA) is 49.6 Å². The number of amides is 1. The van der Waals surface area contributed by atoms with Crippen LogP contribution in [0.2, 0.25) is 0 Å². The highest BCUT2D eigenvalue weighted by atomic mass is 35.5. The SMILES string of the molecule is CC(N)CCC(=O)N1CCC(CN2CCCC2)C1.Cl.Cl. The van der Waals surface area contributed by atoms with Crippen molar-refractivity contribution >= 4 is 30.7 Å². The second-order valence-corrected chi connectivity index (χ2v) is 6.02. The lowest BCUT2D eigenvalue weighted by molar-refractivity contribution is -0.130. The molecular formula is C14H29Cl2N3O. The summed E-state index contributed by atoms with van der Waals surface area (Å²) in [4.78, 5) is 16.6. The van der Waals surface area contributed by atoms with Crippen LogP contribution in [0.25, 0.3) is 0 Å². The quantitative estimate of drug-likeness (QED) is 0.839.